The topological polar surface area (TPSA) is 67.0 Å². The summed E-state index contributed by atoms with van der Waals surface area (Å²) in [5.74, 6) is 0.915. The number of aromatic nitrogens is 4. The lowest BCUT2D eigenvalue weighted by Crippen LogP contribution is -2.07. The van der Waals surface area contributed by atoms with Crippen molar-refractivity contribution in [2.45, 2.75) is 17.6 Å². The highest BCUT2D eigenvalue weighted by molar-refractivity contribution is 7.99. The van der Waals surface area contributed by atoms with Crippen LogP contribution in [0.4, 0.5) is 0 Å². The molecule has 0 spiro atoms. The highest BCUT2D eigenvalue weighted by atomic mass is 32.2. The monoisotopic (exact) mass is 222 g/mol. The predicted octanol–water partition coefficient (Wildman–Crippen LogP) is 1.23. The molecule has 5 nitrogen and oxygen atoms in total. The van der Waals surface area contributed by atoms with Gasteiger partial charge in [0.05, 0.1) is 18.5 Å². The molecule has 3 rings (SSSR count). The molecule has 2 aromatic rings. The van der Waals surface area contributed by atoms with Crippen LogP contribution in [0.3, 0.4) is 0 Å². The van der Waals surface area contributed by atoms with Crippen LogP contribution in [0.25, 0.3) is 11.2 Å². The Morgan fingerprint density at radius 3 is 3.20 bits per heavy atom. The second kappa shape index (κ2) is 3.18. The minimum Gasteiger partial charge on any atom is -0.369 e. The van der Waals surface area contributed by atoms with Gasteiger partial charge in [0.2, 0.25) is 0 Å². The summed E-state index contributed by atoms with van der Waals surface area (Å²) >= 11 is 1.68. The Morgan fingerprint density at radius 1 is 1.53 bits per heavy atom. The summed E-state index contributed by atoms with van der Waals surface area (Å²) in [4.78, 5) is 15.4. The van der Waals surface area contributed by atoms with Gasteiger partial charge in [0.15, 0.2) is 5.65 Å². The zero-order valence-corrected chi connectivity index (χ0v) is 9.04. The molecular formula is C9H10N4OS. The molecule has 1 unspecified atom stereocenters. The molecule has 3 heterocycles. The van der Waals surface area contributed by atoms with E-state index in [-0.39, 0.29) is 5.60 Å². The van der Waals surface area contributed by atoms with Crippen LogP contribution in [0.15, 0.2) is 17.7 Å². The predicted molar refractivity (Wildman–Crippen MR) is 56.8 cm³/mol. The summed E-state index contributed by atoms with van der Waals surface area (Å²) in [7, 11) is 0. The third kappa shape index (κ3) is 1.70. The summed E-state index contributed by atoms with van der Waals surface area (Å²) < 4.78 is 5.32. The second-order valence-electron chi connectivity index (χ2n) is 3.81. The van der Waals surface area contributed by atoms with Crippen molar-refractivity contribution < 1.29 is 4.74 Å². The number of aromatic amines is 1. The van der Waals surface area contributed by atoms with Gasteiger partial charge in [-0.3, -0.25) is 0 Å². The van der Waals surface area contributed by atoms with Crippen LogP contribution < -0.4 is 0 Å². The summed E-state index contributed by atoms with van der Waals surface area (Å²) in [6.07, 6.45) is 3.18. The molecule has 0 amide bonds. The molecule has 1 aliphatic heterocycles. The Hall–Kier alpha value is -1.14. The number of imidazole rings is 1. The molecule has 0 bridgehead atoms. The Labute approximate surface area is 90.7 Å². The average molecular weight is 222 g/mol. The van der Waals surface area contributed by atoms with Crippen molar-refractivity contribution in [1.29, 1.82) is 0 Å². The van der Waals surface area contributed by atoms with E-state index < -0.39 is 0 Å². The highest BCUT2D eigenvalue weighted by Crippen LogP contribution is 2.33. The number of H-pyrrole nitrogens is 1. The van der Waals surface area contributed by atoms with Gasteiger partial charge in [-0.05, 0) is 6.92 Å². The van der Waals surface area contributed by atoms with E-state index in [4.69, 9.17) is 4.74 Å². The number of fused-ring (bicyclic) bond motifs is 1. The molecule has 1 aliphatic rings. The zero-order chi connectivity index (χ0) is 10.3. The molecule has 0 radical (unpaired) electrons. The van der Waals surface area contributed by atoms with Gasteiger partial charge in [0.1, 0.15) is 16.9 Å². The number of thioether (sulfide) groups is 1. The smallest absolute Gasteiger partial charge is 0.181 e. The van der Waals surface area contributed by atoms with E-state index >= 15 is 0 Å². The van der Waals surface area contributed by atoms with E-state index in [0.29, 0.717) is 0 Å². The van der Waals surface area contributed by atoms with E-state index in [9.17, 15) is 0 Å². The molecule has 78 valence electrons. The van der Waals surface area contributed by atoms with Gasteiger partial charge in [0, 0.05) is 5.75 Å². The van der Waals surface area contributed by atoms with Crippen molar-refractivity contribution in [1.82, 2.24) is 19.9 Å². The molecule has 1 saturated heterocycles. The summed E-state index contributed by atoms with van der Waals surface area (Å²) in [5, 5.41) is 0.939. The first-order valence-electron chi connectivity index (χ1n) is 4.68. The minimum absolute atomic E-state index is 0.0436. The lowest BCUT2D eigenvalue weighted by molar-refractivity contribution is 0.348. The van der Waals surface area contributed by atoms with Crippen LogP contribution in [-0.2, 0) is 4.74 Å². The molecular weight excluding hydrogens is 212 g/mol. The maximum atomic E-state index is 5.32. The first kappa shape index (κ1) is 9.11. The molecule has 15 heavy (non-hydrogen) atoms. The Morgan fingerprint density at radius 2 is 2.40 bits per heavy atom. The number of hydrogen-bond donors (Lipinski definition) is 1. The van der Waals surface area contributed by atoms with Gasteiger partial charge in [-0.1, -0.05) is 0 Å². The summed E-state index contributed by atoms with van der Waals surface area (Å²) in [6, 6.07) is 0. The number of nitrogens with zero attached hydrogens (tertiary/aromatic N) is 3. The standard InChI is InChI=1S/C9H10N4OS/c1-9(2-14-9)3-15-8-6-7(11-4-10-6)12-5-13-8/h4-5H,2-3H2,1H3,(H,10,11,12,13). The van der Waals surface area contributed by atoms with Crippen LogP contribution >= 0.6 is 11.8 Å². The largest absolute Gasteiger partial charge is 0.369 e. The fraction of sp³-hybridized carbons (Fsp3) is 0.444. The SMILES string of the molecule is CC1(CSc2ncnc3nc[nH]c23)CO1. The number of nitrogens with one attached hydrogen (secondary N) is 1. The fourth-order valence-electron chi connectivity index (χ4n) is 1.28. The van der Waals surface area contributed by atoms with Crippen molar-refractivity contribution in [3.05, 3.63) is 12.7 Å². The molecule has 6 heteroatoms. The van der Waals surface area contributed by atoms with E-state index in [1.54, 1.807) is 24.4 Å². The lowest BCUT2D eigenvalue weighted by Gasteiger charge is -2.03. The first-order valence-corrected chi connectivity index (χ1v) is 5.66. The van der Waals surface area contributed by atoms with Gasteiger partial charge in [0.25, 0.3) is 0 Å². The molecule has 1 N–H and O–H groups in total. The average Bonchev–Trinajstić information content (AvgIpc) is 2.80. The van der Waals surface area contributed by atoms with Gasteiger partial charge in [-0.2, -0.15) is 0 Å². The second-order valence-corrected chi connectivity index (χ2v) is 4.77. The van der Waals surface area contributed by atoms with E-state index in [1.807, 2.05) is 0 Å². The molecule has 0 saturated carbocycles. The number of ether oxygens (including phenoxy) is 1. The van der Waals surface area contributed by atoms with Crippen molar-refractivity contribution in [3.8, 4) is 0 Å². The molecule has 1 fully saturated rings. The van der Waals surface area contributed by atoms with Gasteiger partial charge in [-0.25, -0.2) is 15.0 Å². The van der Waals surface area contributed by atoms with E-state index in [0.717, 1.165) is 28.5 Å². The van der Waals surface area contributed by atoms with E-state index in [1.165, 1.54) is 0 Å². The normalized spacial score (nSPS) is 24.6. The third-order valence-electron chi connectivity index (χ3n) is 2.34. The van der Waals surface area contributed by atoms with Crippen LogP contribution in [0, 0.1) is 0 Å². The Balaban J connectivity index is 1.86. The van der Waals surface area contributed by atoms with Crippen LogP contribution in [-0.4, -0.2) is 37.9 Å². The summed E-state index contributed by atoms with van der Waals surface area (Å²) in [5.41, 5.74) is 1.67. The van der Waals surface area contributed by atoms with Gasteiger partial charge in [-0.15, -0.1) is 11.8 Å². The molecule has 2 aromatic heterocycles. The lowest BCUT2D eigenvalue weighted by atomic mass is 10.3. The fourth-order valence-corrected chi connectivity index (χ4v) is 2.30. The van der Waals surface area contributed by atoms with Crippen molar-refractivity contribution in [2.75, 3.05) is 12.4 Å². The highest BCUT2D eigenvalue weighted by Gasteiger charge is 2.39. The number of hydrogen-bond acceptors (Lipinski definition) is 5. The van der Waals surface area contributed by atoms with Crippen molar-refractivity contribution in [3.63, 3.8) is 0 Å². The van der Waals surface area contributed by atoms with Gasteiger partial charge < -0.3 is 9.72 Å². The van der Waals surface area contributed by atoms with Crippen molar-refractivity contribution in [2.24, 2.45) is 0 Å². The minimum atomic E-state index is 0.0436. The quantitative estimate of drug-likeness (QED) is 0.480. The Kier molecular flexibility index (Phi) is 1.93. The maximum Gasteiger partial charge on any atom is 0.181 e. The maximum absolute atomic E-state index is 5.32. The van der Waals surface area contributed by atoms with E-state index in [2.05, 4.69) is 26.9 Å². The van der Waals surface area contributed by atoms with Crippen LogP contribution in [0.1, 0.15) is 6.92 Å². The zero-order valence-electron chi connectivity index (χ0n) is 8.23. The summed E-state index contributed by atoms with van der Waals surface area (Å²) in [6.45, 7) is 2.95. The molecule has 1 atom stereocenters. The van der Waals surface area contributed by atoms with Crippen LogP contribution in [0.2, 0.25) is 0 Å². The third-order valence-corrected chi connectivity index (χ3v) is 3.68. The van der Waals surface area contributed by atoms with Crippen molar-refractivity contribution >= 4 is 22.9 Å². The van der Waals surface area contributed by atoms with Crippen LogP contribution in [0.5, 0.6) is 0 Å². The number of rotatable bonds is 3. The first-order chi connectivity index (χ1) is 7.27. The Bertz CT molecular complexity index is 494. The molecule has 0 aromatic carbocycles. The van der Waals surface area contributed by atoms with Gasteiger partial charge >= 0.3 is 0 Å². The molecule has 0 aliphatic carbocycles. The number of epoxide rings is 1.